The van der Waals surface area contributed by atoms with Crippen molar-refractivity contribution >= 4 is 29.9 Å². The molecular formula is C17H26Cl2N2O2. The van der Waals surface area contributed by atoms with Crippen LogP contribution in [0.15, 0.2) is 24.3 Å². The van der Waals surface area contributed by atoms with Crippen LogP contribution in [0.25, 0.3) is 0 Å². The van der Waals surface area contributed by atoms with Crippen molar-refractivity contribution in [3.63, 3.8) is 0 Å². The summed E-state index contributed by atoms with van der Waals surface area (Å²) >= 11 is 6.09. The average Bonchev–Trinajstić information content (AvgIpc) is 2.53. The maximum Gasteiger partial charge on any atom is 0.261 e. The fraction of sp³-hybridized carbons (Fsp3) is 0.588. The molecule has 1 aromatic carbocycles. The summed E-state index contributed by atoms with van der Waals surface area (Å²) in [7, 11) is 0. The Kier molecular flexibility index (Phi) is 8.17. The number of hydrogen-bond acceptors (Lipinski definition) is 3. The summed E-state index contributed by atoms with van der Waals surface area (Å²) in [6.45, 7) is 6.88. The van der Waals surface area contributed by atoms with Crippen molar-refractivity contribution in [2.75, 3.05) is 19.6 Å². The molecule has 6 heteroatoms. The van der Waals surface area contributed by atoms with Crippen molar-refractivity contribution in [1.29, 1.82) is 0 Å². The molecule has 1 fully saturated rings. The second-order valence-corrected chi connectivity index (χ2v) is 6.63. The van der Waals surface area contributed by atoms with Crippen molar-refractivity contribution in [2.45, 2.75) is 39.2 Å². The Bertz CT molecular complexity index is 505. The number of halogens is 2. The van der Waals surface area contributed by atoms with E-state index in [1.165, 1.54) is 0 Å². The first kappa shape index (κ1) is 20.1. The molecule has 0 bridgehead atoms. The Morgan fingerprint density at radius 3 is 2.65 bits per heavy atom. The summed E-state index contributed by atoms with van der Waals surface area (Å²) in [6.07, 6.45) is 2.26. The van der Waals surface area contributed by atoms with E-state index >= 15 is 0 Å². The molecule has 1 unspecified atom stereocenters. The lowest BCUT2D eigenvalue weighted by atomic mass is 9.81. The number of amides is 1. The zero-order chi connectivity index (χ0) is 16.0. The number of piperidine rings is 1. The molecule has 23 heavy (non-hydrogen) atoms. The minimum atomic E-state index is -0.509. The van der Waals surface area contributed by atoms with E-state index in [1.54, 1.807) is 12.1 Å². The van der Waals surface area contributed by atoms with Gasteiger partial charge in [0.05, 0.1) is 5.02 Å². The van der Waals surface area contributed by atoms with E-state index in [4.69, 9.17) is 16.3 Å². The molecule has 0 spiro atoms. The van der Waals surface area contributed by atoms with Gasteiger partial charge < -0.3 is 15.4 Å². The van der Waals surface area contributed by atoms with E-state index in [1.807, 2.05) is 19.1 Å². The number of rotatable bonds is 6. The largest absolute Gasteiger partial charge is 0.479 e. The minimum absolute atomic E-state index is 0. The summed E-state index contributed by atoms with van der Waals surface area (Å²) in [5, 5.41) is 6.92. The lowest BCUT2D eigenvalue weighted by Gasteiger charge is -2.34. The van der Waals surface area contributed by atoms with Crippen LogP contribution in [-0.4, -0.2) is 31.6 Å². The monoisotopic (exact) mass is 360 g/mol. The van der Waals surface area contributed by atoms with Crippen LogP contribution in [-0.2, 0) is 4.79 Å². The van der Waals surface area contributed by atoms with Crippen LogP contribution in [0.3, 0.4) is 0 Å². The van der Waals surface area contributed by atoms with E-state index in [9.17, 15) is 4.79 Å². The summed E-state index contributed by atoms with van der Waals surface area (Å²) < 4.78 is 5.77. The van der Waals surface area contributed by atoms with Crippen LogP contribution in [0.2, 0.25) is 5.02 Å². The van der Waals surface area contributed by atoms with Crippen molar-refractivity contribution in [2.24, 2.45) is 5.41 Å². The Labute approximate surface area is 149 Å². The zero-order valence-corrected chi connectivity index (χ0v) is 15.3. The Morgan fingerprint density at radius 1 is 1.39 bits per heavy atom. The second-order valence-electron chi connectivity index (χ2n) is 6.22. The van der Waals surface area contributed by atoms with Crippen molar-refractivity contribution in [3.05, 3.63) is 29.3 Å². The number of para-hydroxylation sites is 1. The van der Waals surface area contributed by atoms with Gasteiger partial charge in [-0.2, -0.15) is 0 Å². The number of nitrogens with one attached hydrogen (secondary N) is 2. The molecule has 1 atom stereocenters. The number of carbonyl (C=O) groups excluding carboxylic acids is 1. The van der Waals surface area contributed by atoms with E-state index < -0.39 is 6.10 Å². The van der Waals surface area contributed by atoms with E-state index in [-0.39, 0.29) is 23.7 Å². The van der Waals surface area contributed by atoms with Gasteiger partial charge in [0.25, 0.3) is 5.91 Å². The first-order chi connectivity index (χ1) is 10.5. The number of carbonyl (C=O) groups is 1. The number of ether oxygens (including phenoxy) is 1. The molecule has 0 aliphatic carbocycles. The summed E-state index contributed by atoms with van der Waals surface area (Å²) in [5.41, 5.74) is 0.170. The zero-order valence-electron chi connectivity index (χ0n) is 13.7. The molecule has 2 N–H and O–H groups in total. The molecule has 2 rings (SSSR count). The van der Waals surface area contributed by atoms with Crippen molar-refractivity contribution in [1.82, 2.24) is 10.6 Å². The molecule has 1 aliphatic heterocycles. The summed E-state index contributed by atoms with van der Waals surface area (Å²) in [4.78, 5) is 12.4. The smallest absolute Gasteiger partial charge is 0.261 e. The van der Waals surface area contributed by atoms with Crippen LogP contribution in [0, 0.1) is 5.41 Å². The molecule has 1 saturated heterocycles. The normalized spacial score (nSPS) is 17.7. The molecule has 0 radical (unpaired) electrons. The number of hydrogen-bond donors (Lipinski definition) is 2. The third-order valence-electron chi connectivity index (χ3n) is 4.27. The molecular weight excluding hydrogens is 335 g/mol. The van der Waals surface area contributed by atoms with Gasteiger partial charge in [-0.3, -0.25) is 4.79 Å². The molecule has 1 aromatic rings. The fourth-order valence-corrected chi connectivity index (χ4v) is 2.82. The Balaban J connectivity index is 0.00000264. The minimum Gasteiger partial charge on any atom is -0.479 e. The summed E-state index contributed by atoms with van der Waals surface area (Å²) in [5.74, 6) is 0.487. The van der Waals surface area contributed by atoms with E-state index in [0.717, 1.165) is 25.9 Å². The van der Waals surface area contributed by atoms with Gasteiger partial charge in [0.1, 0.15) is 5.75 Å². The standard InChI is InChI=1S/C17H25ClN2O2.ClH/c1-3-14(22-15-7-5-4-6-13(15)18)16(21)20-12-17(2)8-10-19-11-9-17;/h4-7,14,19H,3,8-12H2,1-2H3,(H,20,21);1H. The third-order valence-corrected chi connectivity index (χ3v) is 4.58. The highest BCUT2D eigenvalue weighted by molar-refractivity contribution is 6.32. The predicted octanol–water partition coefficient (Wildman–Crippen LogP) is 3.43. The van der Waals surface area contributed by atoms with Gasteiger partial charge in [-0.1, -0.05) is 37.6 Å². The molecule has 1 aliphatic rings. The first-order valence-electron chi connectivity index (χ1n) is 7.94. The second kappa shape index (κ2) is 9.36. The van der Waals surface area contributed by atoms with Gasteiger partial charge in [-0.05, 0) is 49.9 Å². The van der Waals surface area contributed by atoms with Gasteiger partial charge in [0.15, 0.2) is 6.10 Å². The highest BCUT2D eigenvalue weighted by atomic mass is 35.5. The first-order valence-corrected chi connectivity index (χ1v) is 8.31. The lowest BCUT2D eigenvalue weighted by molar-refractivity contribution is -0.128. The van der Waals surface area contributed by atoms with Gasteiger partial charge in [-0.15, -0.1) is 12.4 Å². The Hall–Kier alpha value is -0.970. The van der Waals surface area contributed by atoms with Crippen LogP contribution < -0.4 is 15.4 Å². The van der Waals surface area contributed by atoms with Gasteiger partial charge in [0.2, 0.25) is 0 Å². The molecule has 1 heterocycles. The summed E-state index contributed by atoms with van der Waals surface area (Å²) in [6, 6.07) is 7.24. The maximum absolute atomic E-state index is 12.4. The predicted molar refractivity (Wildman–Crippen MR) is 96.6 cm³/mol. The van der Waals surface area contributed by atoms with Gasteiger partial charge >= 0.3 is 0 Å². The van der Waals surface area contributed by atoms with E-state index in [2.05, 4.69) is 17.6 Å². The fourth-order valence-electron chi connectivity index (χ4n) is 2.64. The molecule has 0 saturated carbocycles. The van der Waals surface area contributed by atoms with Crippen LogP contribution in [0.5, 0.6) is 5.75 Å². The highest BCUT2D eigenvalue weighted by Crippen LogP contribution is 2.27. The quantitative estimate of drug-likeness (QED) is 0.816. The average molecular weight is 361 g/mol. The third kappa shape index (κ3) is 5.87. The van der Waals surface area contributed by atoms with Gasteiger partial charge in [0, 0.05) is 6.54 Å². The van der Waals surface area contributed by atoms with E-state index in [0.29, 0.717) is 23.7 Å². The Morgan fingerprint density at radius 2 is 2.04 bits per heavy atom. The maximum atomic E-state index is 12.4. The van der Waals surface area contributed by atoms with Crippen LogP contribution in [0.1, 0.15) is 33.1 Å². The highest BCUT2D eigenvalue weighted by Gasteiger charge is 2.28. The van der Waals surface area contributed by atoms with Crippen molar-refractivity contribution < 1.29 is 9.53 Å². The molecule has 0 aromatic heterocycles. The topological polar surface area (TPSA) is 50.4 Å². The molecule has 130 valence electrons. The van der Waals surface area contributed by atoms with Crippen LogP contribution >= 0.6 is 24.0 Å². The SMILES string of the molecule is CCC(Oc1ccccc1Cl)C(=O)NCC1(C)CCNCC1.Cl. The van der Waals surface area contributed by atoms with Gasteiger partial charge in [-0.25, -0.2) is 0 Å². The number of benzene rings is 1. The van der Waals surface area contributed by atoms with Crippen LogP contribution in [0.4, 0.5) is 0 Å². The lowest BCUT2D eigenvalue weighted by Crippen LogP contribution is -2.46. The molecule has 1 amide bonds. The van der Waals surface area contributed by atoms with Crippen molar-refractivity contribution in [3.8, 4) is 5.75 Å². The molecule has 4 nitrogen and oxygen atoms in total.